The van der Waals surface area contributed by atoms with Gasteiger partial charge in [-0.2, -0.15) is 0 Å². The van der Waals surface area contributed by atoms with Gasteiger partial charge in [0.05, 0.1) is 17.5 Å². The number of hydrogen-bond donors (Lipinski definition) is 2. The van der Waals surface area contributed by atoms with Crippen LogP contribution in [0, 0.1) is 12.8 Å². The lowest BCUT2D eigenvalue weighted by Gasteiger charge is -2.24. The van der Waals surface area contributed by atoms with Gasteiger partial charge in [0, 0.05) is 41.2 Å². The largest absolute Gasteiger partial charge is 0.360 e. The average Bonchev–Trinajstić information content (AvgIpc) is 3.30. The highest BCUT2D eigenvalue weighted by Crippen LogP contribution is 2.28. The molecule has 0 bridgehead atoms. The molecule has 190 valence electrons. The van der Waals surface area contributed by atoms with E-state index in [1.807, 2.05) is 30.3 Å². The van der Waals surface area contributed by atoms with Crippen molar-refractivity contribution in [1.82, 2.24) is 10.3 Å². The fourth-order valence-corrected chi connectivity index (χ4v) is 6.52. The molecule has 37 heavy (non-hydrogen) atoms. The molecule has 7 heteroatoms. The molecule has 0 unspecified atom stereocenters. The highest BCUT2D eigenvalue weighted by Gasteiger charge is 2.34. The molecule has 1 atom stereocenters. The number of fused-ring (bicyclic) bond motifs is 1. The molecule has 5 rings (SSSR count). The zero-order chi connectivity index (χ0) is 26.0. The summed E-state index contributed by atoms with van der Waals surface area (Å²) in [5, 5.41) is 4.21. The van der Waals surface area contributed by atoms with Gasteiger partial charge in [-0.15, -0.1) is 0 Å². The van der Waals surface area contributed by atoms with E-state index in [9.17, 15) is 18.0 Å². The van der Waals surface area contributed by atoms with E-state index in [4.69, 9.17) is 0 Å². The Morgan fingerprint density at radius 3 is 2.43 bits per heavy atom. The number of rotatable bonds is 10. The van der Waals surface area contributed by atoms with Crippen LogP contribution in [0.4, 0.5) is 0 Å². The lowest BCUT2D eigenvalue weighted by atomic mass is 9.95. The van der Waals surface area contributed by atoms with Gasteiger partial charge in [-0.25, -0.2) is 8.42 Å². The Hall–Kier alpha value is -3.55. The van der Waals surface area contributed by atoms with E-state index in [2.05, 4.69) is 41.5 Å². The third-order valence-electron chi connectivity index (χ3n) is 7.00. The standard InChI is InChI=1S/C30H30N2O4S/c1-20-7-9-21(10-8-20)13-14-31-29(23-5-3-2-4-6-23)30(34)26-17-32-27-16-24(11-12-25(26)27)28(33)15-22-18-37(35,36)19-22/h2-12,16-17,22,29,31-32H,13-15,18-19H2,1H3/t29-/m1/s1. The lowest BCUT2D eigenvalue weighted by Crippen LogP contribution is -2.37. The van der Waals surface area contributed by atoms with Crippen LogP contribution in [0.25, 0.3) is 10.9 Å². The number of carbonyl (C=O) groups excluding carboxylic acids is 2. The molecule has 1 fully saturated rings. The van der Waals surface area contributed by atoms with Gasteiger partial charge >= 0.3 is 0 Å². The zero-order valence-electron chi connectivity index (χ0n) is 20.7. The van der Waals surface area contributed by atoms with Gasteiger partial charge in [0.1, 0.15) is 0 Å². The van der Waals surface area contributed by atoms with Crippen molar-refractivity contribution in [3.63, 3.8) is 0 Å². The normalized spacial score (nSPS) is 15.8. The molecular weight excluding hydrogens is 484 g/mol. The molecule has 0 saturated carbocycles. The first kappa shape index (κ1) is 25.1. The van der Waals surface area contributed by atoms with Gasteiger partial charge in [0.2, 0.25) is 0 Å². The van der Waals surface area contributed by atoms with E-state index in [0.717, 1.165) is 17.4 Å². The second-order valence-electron chi connectivity index (χ2n) is 9.93. The van der Waals surface area contributed by atoms with Gasteiger partial charge in [-0.3, -0.25) is 9.59 Å². The highest BCUT2D eigenvalue weighted by molar-refractivity contribution is 7.92. The third-order valence-corrected chi connectivity index (χ3v) is 8.96. The number of carbonyl (C=O) groups is 2. The Morgan fingerprint density at radius 1 is 1.00 bits per heavy atom. The van der Waals surface area contributed by atoms with Crippen LogP contribution >= 0.6 is 0 Å². The van der Waals surface area contributed by atoms with Crippen LogP contribution in [-0.4, -0.2) is 43.0 Å². The summed E-state index contributed by atoms with van der Waals surface area (Å²) in [6.07, 6.45) is 2.73. The van der Waals surface area contributed by atoms with Crippen molar-refractivity contribution < 1.29 is 18.0 Å². The van der Waals surface area contributed by atoms with Crippen molar-refractivity contribution in [2.24, 2.45) is 5.92 Å². The molecular formula is C30H30N2O4S. The molecule has 1 aliphatic rings. The number of Topliss-reactive ketones (excluding diaryl/α,β-unsaturated/α-hetero) is 2. The molecule has 0 radical (unpaired) electrons. The Balaban J connectivity index is 1.33. The predicted octanol–water partition coefficient (Wildman–Crippen LogP) is 4.85. The molecule has 2 N–H and O–H groups in total. The van der Waals surface area contributed by atoms with E-state index in [1.54, 1.807) is 24.4 Å². The predicted molar refractivity (Wildman–Crippen MR) is 146 cm³/mol. The van der Waals surface area contributed by atoms with Crippen LogP contribution in [0.1, 0.15) is 49.9 Å². The fraction of sp³-hybridized carbons (Fsp3) is 0.267. The van der Waals surface area contributed by atoms with Crippen molar-refractivity contribution in [1.29, 1.82) is 0 Å². The minimum atomic E-state index is -2.96. The molecule has 6 nitrogen and oxygen atoms in total. The summed E-state index contributed by atoms with van der Waals surface area (Å²) in [5.74, 6) is -0.0595. The molecule has 0 amide bonds. The van der Waals surface area contributed by atoms with Crippen LogP contribution in [0.3, 0.4) is 0 Å². The number of nitrogens with one attached hydrogen (secondary N) is 2. The number of aromatic amines is 1. The van der Waals surface area contributed by atoms with E-state index in [-0.39, 0.29) is 35.4 Å². The summed E-state index contributed by atoms with van der Waals surface area (Å²) < 4.78 is 22.8. The Kier molecular flexibility index (Phi) is 7.09. The summed E-state index contributed by atoms with van der Waals surface area (Å²) in [5.41, 5.74) is 5.12. The molecule has 1 aromatic heterocycles. The van der Waals surface area contributed by atoms with Gasteiger partial charge in [0.15, 0.2) is 21.4 Å². The van der Waals surface area contributed by atoms with Crippen LogP contribution in [0.5, 0.6) is 0 Å². The molecule has 0 aliphatic carbocycles. The maximum absolute atomic E-state index is 13.8. The number of sulfone groups is 1. The van der Waals surface area contributed by atoms with E-state index in [1.165, 1.54) is 11.1 Å². The number of ketones is 2. The second-order valence-corrected chi connectivity index (χ2v) is 12.1. The summed E-state index contributed by atoms with van der Waals surface area (Å²) in [6.45, 7) is 2.71. The molecule has 2 heterocycles. The van der Waals surface area contributed by atoms with Crippen LogP contribution in [0.2, 0.25) is 0 Å². The Labute approximate surface area is 217 Å². The summed E-state index contributed by atoms with van der Waals surface area (Å²) in [6, 6.07) is 22.9. The summed E-state index contributed by atoms with van der Waals surface area (Å²) >= 11 is 0. The summed E-state index contributed by atoms with van der Waals surface area (Å²) in [7, 11) is -2.96. The van der Waals surface area contributed by atoms with E-state index >= 15 is 0 Å². The first-order valence-electron chi connectivity index (χ1n) is 12.5. The summed E-state index contributed by atoms with van der Waals surface area (Å²) in [4.78, 5) is 29.6. The van der Waals surface area contributed by atoms with Crippen LogP contribution < -0.4 is 5.32 Å². The molecule has 4 aromatic rings. The maximum Gasteiger partial charge on any atom is 0.186 e. The first-order valence-corrected chi connectivity index (χ1v) is 14.3. The van der Waals surface area contributed by atoms with Crippen molar-refractivity contribution in [3.05, 3.63) is 107 Å². The maximum atomic E-state index is 13.8. The van der Waals surface area contributed by atoms with Crippen molar-refractivity contribution in [2.75, 3.05) is 18.1 Å². The van der Waals surface area contributed by atoms with Gasteiger partial charge < -0.3 is 10.3 Å². The second kappa shape index (κ2) is 10.4. The Morgan fingerprint density at radius 2 is 1.73 bits per heavy atom. The first-order chi connectivity index (χ1) is 17.8. The van der Waals surface area contributed by atoms with Gasteiger partial charge in [-0.1, -0.05) is 72.3 Å². The van der Waals surface area contributed by atoms with Gasteiger partial charge in [0.25, 0.3) is 0 Å². The zero-order valence-corrected chi connectivity index (χ0v) is 21.6. The molecule has 1 aliphatic heterocycles. The van der Waals surface area contributed by atoms with Crippen molar-refractivity contribution in [3.8, 4) is 0 Å². The third kappa shape index (κ3) is 5.73. The topological polar surface area (TPSA) is 96.1 Å². The average molecular weight is 515 g/mol. The number of aryl methyl sites for hydroxylation is 1. The van der Waals surface area contributed by atoms with Crippen molar-refractivity contribution in [2.45, 2.75) is 25.8 Å². The molecule has 1 saturated heterocycles. The molecule has 3 aromatic carbocycles. The SMILES string of the molecule is Cc1ccc(CCN[C@@H](C(=O)c2c[nH]c3cc(C(=O)CC4CS(=O)(=O)C4)ccc23)c2ccccc2)cc1. The fourth-order valence-electron chi connectivity index (χ4n) is 4.95. The highest BCUT2D eigenvalue weighted by atomic mass is 32.2. The number of aromatic nitrogens is 1. The number of benzene rings is 3. The van der Waals surface area contributed by atoms with Crippen molar-refractivity contribution >= 4 is 32.3 Å². The van der Waals surface area contributed by atoms with E-state index < -0.39 is 15.9 Å². The van der Waals surface area contributed by atoms with E-state index in [0.29, 0.717) is 23.2 Å². The number of hydrogen-bond acceptors (Lipinski definition) is 5. The molecule has 0 spiro atoms. The smallest absolute Gasteiger partial charge is 0.186 e. The van der Waals surface area contributed by atoms with Gasteiger partial charge in [-0.05, 0) is 36.5 Å². The Bertz CT molecular complexity index is 1530. The minimum absolute atomic E-state index is 0.0416. The number of H-pyrrole nitrogens is 1. The lowest BCUT2D eigenvalue weighted by molar-refractivity contribution is 0.0942. The van der Waals surface area contributed by atoms with Crippen LogP contribution in [0.15, 0.2) is 79.0 Å². The minimum Gasteiger partial charge on any atom is -0.360 e. The van der Waals surface area contributed by atoms with Crippen LogP contribution in [-0.2, 0) is 16.3 Å². The monoisotopic (exact) mass is 514 g/mol. The quantitative estimate of drug-likeness (QED) is 0.295.